The number of para-hydroxylation sites is 1. The second-order valence-corrected chi connectivity index (χ2v) is 6.05. The van der Waals surface area contributed by atoms with E-state index >= 15 is 0 Å². The smallest absolute Gasteiger partial charge is 0.289 e. The highest BCUT2D eigenvalue weighted by Gasteiger charge is 2.20. The summed E-state index contributed by atoms with van der Waals surface area (Å²) in [4.78, 5) is 13.6. The number of rotatable bonds is 3. The Balaban J connectivity index is 2.27. The summed E-state index contributed by atoms with van der Waals surface area (Å²) in [6, 6.07) is 10.0. The molecule has 0 saturated carbocycles. The van der Waals surface area contributed by atoms with Gasteiger partial charge < -0.3 is 13.9 Å². The maximum atomic E-state index is 12.1. The molecule has 0 fully saturated rings. The average Bonchev–Trinajstić information content (AvgIpc) is 2.97. The summed E-state index contributed by atoms with van der Waals surface area (Å²) in [5, 5.41) is 1.06. The zero-order valence-corrected chi connectivity index (χ0v) is 12.9. The predicted molar refractivity (Wildman–Crippen MR) is 84.6 cm³/mol. The Morgan fingerprint density at radius 2 is 1.95 bits per heavy atom. The van der Waals surface area contributed by atoms with Crippen LogP contribution >= 0.6 is 0 Å². The number of aromatic nitrogens is 1. The number of amides is 1. The van der Waals surface area contributed by atoms with E-state index in [1.807, 2.05) is 24.3 Å². The van der Waals surface area contributed by atoms with Crippen molar-refractivity contribution >= 4 is 27.9 Å². The van der Waals surface area contributed by atoms with Crippen LogP contribution in [0.15, 0.2) is 34.7 Å². The van der Waals surface area contributed by atoms with Crippen molar-refractivity contribution in [3.05, 3.63) is 36.1 Å². The van der Waals surface area contributed by atoms with Crippen LogP contribution in [0.4, 0.5) is 0 Å². The quantitative estimate of drug-likeness (QED) is 0.734. The SMILES string of the molecule is CC(C)Cn1c2ccccc2c2oc(C(=O)N(C)C)cc21. The summed E-state index contributed by atoms with van der Waals surface area (Å²) < 4.78 is 8.10. The Bertz CT molecular complexity index is 809. The minimum atomic E-state index is -0.105. The number of fused-ring (bicyclic) bond motifs is 3. The molecule has 2 heterocycles. The molecular weight excluding hydrogens is 264 g/mol. The number of carbonyl (C=O) groups is 1. The van der Waals surface area contributed by atoms with E-state index in [0.717, 1.165) is 28.5 Å². The molecule has 4 heteroatoms. The first kappa shape index (κ1) is 13.7. The van der Waals surface area contributed by atoms with Crippen molar-refractivity contribution in [2.45, 2.75) is 20.4 Å². The van der Waals surface area contributed by atoms with Gasteiger partial charge in [0.25, 0.3) is 5.91 Å². The molecule has 1 aromatic carbocycles. The maximum Gasteiger partial charge on any atom is 0.289 e. The summed E-state index contributed by atoms with van der Waals surface area (Å²) >= 11 is 0. The average molecular weight is 284 g/mol. The summed E-state index contributed by atoms with van der Waals surface area (Å²) in [5.41, 5.74) is 2.95. The zero-order valence-electron chi connectivity index (χ0n) is 12.9. The van der Waals surface area contributed by atoms with Crippen LogP contribution in [0.1, 0.15) is 24.4 Å². The Labute approximate surface area is 123 Å². The number of hydrogen-bond donors (Lipinski definition) is 0. The van der Waals surface area contributed by atoms with E-state index in [2.05, 4.69) is 24.5 Å². The molecule has 3 rings (SSSR count). The highest BCUT2D eigenvalue weighted by Crippen LogP contribution is 2.32. The molecule has 110 valence electrons. The predicted octanol–water partition coefficient (Wildman–Crippen LogP) is 3.75. The molecule has 4 nitrogen and oxygen atoms in total. The summed E-state index contributed by atoms with van der Waals surface area (Å²) in [7, 11) is 3.46. The number of benzene rings is 1. The molecule has 0 aliphatic rings. The fourth-order valence-electron chi connectivity index (χ4n) is 2.69. The Morgan fingerprint density at radius 3 is 2.62 bits per heavy atom. The lowest BCUT2D eigenvalue weighted by Gasteiger charge is -2.09. The van der Waals surface area contributed by atoms with Gasteiger partial charge in [0, 0.05) is 32.1 Å². The van der Waals surface area contributed by atoms with E-state index in [1.54, 1.807) is 14.1 Å². The van der Waals surface area contributed by atoms with Gasteiger partial charge in [0.2, 0.25) is 0 Å². The van der Waals surface area contributed by atoms with E-state index in [9.17, 15) is 4.79 Å². The number of furan rings is 1. The molecule has 1 amide bonds. The van der Waals surface area contributed by atoms with Crippen molar-refractivity contribution < 1.29 is 9.21 Å². The molecule has 0 unspecified atom stereocenters. The fraction of sp³-hybridized carbons (Fsp3) is 0.353. The molecular formula is C17H20N2O2. The van der Waals surface area contributed by atoms with Crippen LogP contribution in [-0.2, 0) is 6.54 Å². The van der Waals surface area contributed by atoms with E-state index in [4.69, 9.17) is 4.42 Å². The van der Waals surface area contributed by atoms with E-state index in [0.29, 0.717) is 11.7 Å². The van der Waals surface area contributed by atoms with Gasteiger partial charge in [-0.05, 0) is 18.1 Å². The molecule has 0 aliphatic carbocycles. The molecule has 2 aromatic heterocycles. The first-order valence-corrected chi connectivity index (χ1v) is 7.21. The third-order valence-corrected chi connectivity index (χ3v) is 3.61. The highest BCUT2D eigenvalue weighted by molar-refractivity contribution is 6.07. The fourth-order valence-corrected chi connectivity index (χ4v) is 2.69. The van der Waals surface area contributed by atoms with Crippen molar-refractivity contribution in [2.24, 2.45) is 5.92 Å². The van der Waals surface area contributed by atoms with Crippen molar-refractivity contribution in [3.8, 4) is 0 Å². The molecule has 0 radical (unpaired) electrons. The zero-order chi connectivity index (χ0) is 15.1. The van der Waals surface area contributed by atoms with Crippen molar-refractivity contribution in [3.63, 3.8) is 0 Å². The molecule has 0 N–H and O–H groups in total. The van der Waals surface area contributed by atoms with Gasteiger partial charge in [-0.2, -0.15) is 0 Å². The normalized spacial score (nSPS) is 11.7. The van der Waals surface area contributed by atoms with Crippen molar-refractivity contribution in [2.75, 3.05) is 14.1 Å². The van der Waals surface area contributed by atoms with Gasteiger partial charge in [-0.3, -0.25) is 4.79 Å². The third kappa shape index (κ3) is 2.20. The second kappa shape index (κ2) is 4.95. The first-order chi connectivity index (χ1) is 9.99. The maximum absolute atomic E-state index is 12.1. The lowest BCUT2D eigenvalue weighted by atomic mass is 10.2. The number of hydrogen-bond acceptors (Lipinski definition) is 2. The van der Waals surface area contributed by atoms with Crippen LogP contribution in [0, 0.1) is 5.92 Å². The second-order valence-electron chi connectivity index (χ2n) is 6.05. The summed E-state index contributed by atoms with van der Waals surface area (Å²) in [5.74, 6) is 0.812. The summed E-state index contributed by atoms with van der Waals surface area (Å²) in [6.07, 6.45) is 0. The molecule has 0 bridgehead atoms. The topological polar surface area (TPSA) is 38.4 Å². The molecule has 21 heavy (non-hydrogen) atoms. The Kier molecular flexibility index (Phi) is 3.24. The Morgan fingerprint density at radius 1 is 1.24 bits per heavy atom. The van der Waals surface area contributed by atoms with Gasteiger partial charge in [-0.15, -0.1) is 0 Å². The monoisotopic (exact) mass is 284 g/mol. The van der Waals surface area contributed by atoms with Crippen LogP contribution in [0.5, 0.6) is 0 Å². The lowest BCUT2D eigenvalue weighted by molar-refractivity contribution is 0.0799. The first-order valence-electron chi connectivity index (χ1n) is 7.21. The minimum absolute atomic E-state index is 0.105. The van der Waals surface area contributed by atoms with Gasteiger partial charge in [-0.1, -0.05) is 26.0 Å². The third-order valence-electron chi connectivity index (χ3n) is 3.61. The number of carbonyl (C=O) groups excluding carboxylic acids is 1. The van der Waals surface area contributed by atoms with Crippen LogP contribution in [0.3, 0.4) is 0 Å². The Hall–Kier alpha value is -2.23. The highest BCUT2D eigenvalue weighted by atomic mass is 16.3. The molecule has 3 aromatic rings. The van der Waals surface area contributed by atoms with Gasteiger partial charge in [0.15, 0.2) is 11.3 Å². The standard InChI is InChI=1S/C17H20N2O2/c1-11(2)10-19-13-8-6-5-7-12(13)16-14(19)9-15(21-16)17(20)18(3)4/h5-9,11H,10H2,1-4H3. The molecule has 0 atom stereocenters. The van der Waals surface area contributed by atoms with Gasteiger partial charge in [0.1, 0.15) is 0 Å². The van der Waals surface area contributed by atoms with Crippen LogP contribution in [0.25, 0.3) is 22.0 Å². The molecule has 0 aliphatic heterocycles. The van der Waals surface area contributed by atoms with E-state index in [1.165, 1.54) is 4.90 Å². The van der Waals surface area contributed by atoms with E-state index in [-0.39, 0.29) is 5.91 Å². The minimum Gasteiger partial charge on any atom is -0.449 e. The van der Waals surface area contributed by atoms with Crippen LogP contribution < -0.4 is 0 Å². The number of nitrogens with zero attached hydrogens (tertiary/aromatic N) is 2. The lowest BCUT2D eigenvalue weighted by Crippen LogP contribution is -2.20. The molecule has 0 spiro atoms. The van der Waals surface area contributed by atoms with Crippen LogP contribution in [-0.4, -0.2) is 29.5 Å². The summed E-state index contributed by atoms with van der Waals surface area (Å²) in [6.45, 7) is 5.28. The van der Waals surface area contributed by atoms with Crippen LogP contribution in [0.2, 0.25) is 0 Å². The van der Waals surface area contributed by atoms with Crippen molar-refractivity contribution in [1.29, 1.82) is 0 Å². The van der Waals surface area contributed by atoms with E-state index < -0.39 is 0 Å². The van der Waals surface area contributed by atoms with Crippen molar-refractivity contribution in [1.82, 2.24) is 9.47 Å². The largest absolute Gasteiger partial charge is 0.449 e. The molecule has 0 saturated heterocycles. The van der Waals surface area contributed by atoms with Gasteiger partial charge >= 0.3 is 0 Å². The van der Waals surface area contributed by atoms with Gasteiger partial charge in [0.05, 0.1) is 11.0 Å². The van der Waals surface area contributed by atoms with Gasteiger partial charge in [-0.25, -0.2) is 0 Å².